The number of nitrogens with one attached hydrogen (secondary N) is 1. The molecule has 0 unspecified atom stereocenters. The van der Waals surface area contributed by atoms with Crippen molar-refractivity contribution >= 4 is 39.5 Å². The average molecular weight is 504 g/mol. The van der Waals surface area contributed by atoms with E-state index in [1.165, 1.54) is 5.56 Å². The van der Waals surface area contributed by atoms with E-state index in [0.29, 0.717) is 12.3 Å². The predicted molar refractivity (Wildman–Crippen MR) is 132 cm³/mol. The SMILES string of the molecule is Cc1cccc(CN(C(=O)CSCc2ccc(Br)cc2)[C@@H](C)C(=O)NC2CCCC2)c1. The molecule has 3 rings (SSSR count). The molecule has 2 aromatic carbocycles. The van der Waals surface area contributed by atoms with Crippen LogP contribution in [-0.2, 0) is 21.9 Å². The number of nitrogens with zero attached hydrogens (tertiary/aromatic N) is 1. The van der Waals surface area contributed by atoms with Crippen molar-refractivity contribution < 1.29 is 9.59 Å². The van der Waals surface area contributed by atoms with Crippen molar-refractivity contribution in [3.8, 4) is 0 Å². The van der Waals surface area contributed by atoms with Crippen molar-refractivity contribution in [3.05, 3.63) is 69.7 Å². The summed E-state index contributed by atoms with van der Waals surface area (Å²) in [5, 5.41) is 3.15. The van der Waals surface area contributed by atoms with Gasteiger partial charge in [0.25, 0.3) is 0 Å². The number of carbonyl (C=O) groups excluding carboxylic acids is 2. The average Bonchev–Trinajstić information content (AvgIpc) is 3.26. The van der Waals surface area contributed by atoms with Crippen LogP contribution in [0.1, 0.15) is 49.3 Å². The van der Waals surface area contributed by atoms with Crippen molar-refractivity contribution in [2.24, 2.45) is 0 Å². The zero-order valence-corrected chi connectivity index (χ0v) is 20.7. The Bertz CT molecular complexity index is 881. The van der Waals surface area contributed by atoms with Crippen molar-refractivity contribution in [1.29, 1.82) is 0 Å². The monoisotopic (exact) mass is 502 g/mol. The van der Waals surface area contributed by atoms with Gasteiger partial charge in [-0.05, 0) is 49.9 Å². The predicted octanol–water partition coefficient (Wildman–Crippen LogP) is 5.47. The molecular formula is C25H31BrN2O2S. The van der Waals surface area contributed by atoms with Crippen LogP contribution in [0.4, 0.5) is 0 Å². The number of hydrogen-bond acceptors (Lipinski definition) is 3. The molecule has 166 valence electrons. The maximum atomic E-state index is 13.2. The summed E-state index contributed by atoms with van der Waals surface area (Å²) in [5.74, 6) is 1.06. The number of aryl methyl sites for hydroxylation is 1. The van der Waals surface area contributed by atoms with Crippen LogP contribution in [0.2, 0.25) is 0 Å². The molecule has 1 saturated carbocycles. The lowest BCUT2D eigenvalue weighted by atomic mass is 10.1. The Kier molecular flexibility index (Phi) is 9.02. The summed E-state index contributed by atoms with van der Waals surface area (Å²) in [6, 6.07) is 16.0. The van der Waals surface area contributed by atoms with Gasteiger partial charge in [-0.25, -0.2) is 0 Å². The highest BCUT2D eigenvalue weighted by Gasteiger charge is 2.28. The van der Waals surface area contributed by atoms with Gasteiger partial charge in [-0.1, -0.05) is 70.7 Å². The van der Waals surface area contributed by atoms with E-state index < -0.39 is 6.04 Å². The minimum Gasteiger partial charge on any atom is -0.352 e. The Morgan fingerprint density at radius 2 is 1.84 bits per heavy atom. The van der Waals surface area contributed by atoms with E-state index in [-0.39, 0.29) is 17.9 Å². The number of halogens is 1. The van der Waals surface area contributed by atoms with Gasteiger partial charge in [-0.2, -0.15) is 0 Å². The van der Waals surface area contributed by atoms with Crippen LogP contribution in [-0.4, -0.2) is 34.6 Å². The summed E-state index contributed by atoms with van der Waals surface area (Å²) in [5.41, 5.74) is 3.38. The first-order valence-electron chi connectivity index (χ1n) is 10.9. The Labute approximate surface area is 198 Å². The van der Waals surface area contributed by atoms with Crippen LogP contribution in [0.5, 0.6) is 0 Å². The standard InChI is InChI=1S/C25H31BrN2O2S/c1-18-6-5-7-21(14-18)15-28(19(2)25(30)27-23-8-3-4-9-23)24(29)17-31-16-20-10-12-22(26)13-11-20/h5-7,10-14,19,23H,3-4,8-9,15-17H2,1-2H3,(H,27,30)/t19-/m0/s1. The first kappa shape index (κ1) is 23.9. The second-order valence-corrected chi connectivity index (χ2v) is 10.2. The number of amides is 2. The molecule has 0 radical (unpaired) electrons. The van der Waals surface area contributed by atoms with Crippen LogP contribution in [0.25, 0.3) is 0 Å². The molecule has 1 aliphatic rings. The molecule has 4 nitrogen and oxygen atoms in total. The largest absolute Gasteiger partial charge is 0.352 e. The van der Waals surface area contributed by atoms with E-state index >= 15 is 0 Å². The van der Waals surface area contributed by atoms with Gasteiger partial charge in [0.2, 0.25) is 11.8 Å². The molecule has 0 saturated heterocycles. The lowest BCUT2D eigenvalue weighted by Gasteiger charge is -2.30. The molecule has 0 aromatic heterocycles. The highest BCUT2D eigenvalue weighted by atomic mass is 79.9. The van der Waals surface area contributed by atoms with Crippen molar-refractivity contribution in [3.63, 3.8) is 0 Å². The highest BCUT2D eigenvalue weighted by Crippen LogP contribution is 2.20. The minimum absolute atomic E-state index is 0.00214. The van der Waals surface area contributed by atoms with Crippen molar-refractivity contribution in [2.45, 2.75) is 63.9 Å². The van der Waals surface area contributed by atoms with Gasteiger partial charge < -0.3 is 10.2 Å². The molecule has 0 heterocycles. The molecule has 0 bridgehead atoms. The van der Waals surface area contributed by atoms with Crippen LogP contribution >= 0.6 is 27.7 Å². The van der Waals surface area contributed by atoms with Crippen LogP contribution in [0.15, 0.2) is 53.0 Å². The first-order chi connectivity index (χ1) is 14.9. The molecule has 2 amide bonds. The van der Waals surface area contributed by atoms with Crippen LogP contribution < -0.4 is 5.32 Å². The molecule has 1 fully saturated rings. The van der Waals surface area contributed by atoms with Gasteiger partial charge >= 0.3 is 0 Å². The fraction of sp³-hybridized carbons (Fsp3) is 0.440. The van der Waals surface area contributed by atoms with Gasteiger partial charge in [0.1, 0.15) is 6.04 Å². The molecular weight excluding hydrogens is 472 g/mol. The number of carbonyl (C=O) groups is 2. The molecule has 1 aliphatic carbocycles. The van der Waals surface area contributed by atoms with Crippen molar-refractivity contribution in [1.82, 2.24) is 10.2 Å². The Morgan fingerprint density at radius 3 is 2.52 bits per heavy atom. The second kappa shape index (κ2) is 11.7. The number of rotatable bonds is 9. The second-order valence-electron chi connectivity index (χ2n) is 8.30. The maximum Gasteiger partial charge on any atom is 0.242 e. The normalized spacial score (nSPS) is 14.9. The molecule has 1 N–H and O–H groups in total. The third kappa shape index (κ3) is 7.39. The fourth-order valence-electron chi connectivity index (χ4n) is 3.90. The molecule has 2 aromatic rings. The Hall–Kier alpha value is -1.79. The fourth-order valence-corrected chi connectivity index (χ4v) is 5.04. The molecule has 0 aliphatic heterocycles. The lowest BCUT2D eigenvalue weighted by Crippen LogP contribution is -2.50. The zero-order valence-electron chi connectivity index (χ0n) is 18.3. The Morgan fingerprint density at radius 1 is 1.13 bits per heavy atom. The molecule has 0 spiro atoms. The summed E-state index contributed by atoms with van der Waals surface area (Å²) in [4.78, 5) is 27.8. The molecule has 31 heavy (non-hydrogen) atoms. The quantitative estimate of drug-likeness (QED) is 0.494. The minimum atomic E-state index is -0.498. The summed E-state index contributed by atoms with van der Waals surface area (Å²) < 4.78 is 1.05. The van der Waals surface area contributed by atoms with E-state index in [2.05, 4.69) is 39.4 Å². The van der Waals surface area contributed by atoms with Crippen LogP contribution in [0, 0.1) is 6.92 Å². The van der Waals surface area contributed by atoms with Gasteiger partial charge in [0, 0.05) is 22.8 Å². The van der Waals surface area contributed by atoms with E-state index in [1.54, 1.807) is 16.7 Å². The lowest BCUT2D eigenvalue weighted by molar-refractivity contribution is -0.138. The first-order valence-corrected chi connectivity index (χ1v) is 12.8. The van der Waals surface area contributed by atoms with E-state index in [9.17, 15) is 9.59 Å². The van der Waals surface area contributed by atoms with Gasteiger partial charge in [-0.15, -0.1) is 11.8 Å². The number of thioether (sulfide) groups is 1. The van der Waals surface area contributed by atoms with Crippen molar-refractivity contribution in [2.75, 3.05) is 5.75 Å². The molecule has 6 heteroatoms. The summed E-state index contributed by atoms with van der Waals surface area (Å²) in [6.45, 7) is 4.33. The topological polar surface area (TPSA) is 49.4 Å². The smallest absolute Gasteiger partial charge is 0.242 e. The third-order valence-corrected chi connectivity index (χ3v) is 7.23. The molecule has 1 atom stereocenters. The van der Waals surface area contributed by atoms with E-state index in [0.717, 1.165) is 47.0 Å². The van der Waals surface area contributed by atoms with Crippen LogP contribution in [0.3, 0.4) is 0 Å². The third-order valence-electron chi connectivity index (χ3n) is 5.71. The number of benzene rings is 2. The summed E-state index contributed by atoms with van der Waals surface area (Å²) in [7, 11) is 0. The van der Waals surface area contributed by atoms with Gasteiger partial charge in [-0.3, -0.25) is 9.59 Å². The maximum absolute atomic E-state index is 13.2. The van der Waals surface area contributed by atoms with E-state index in [1.807, 2.05) is 44.2 Å². The summed E-state index contributed by atoms with van der Waals surface area (Å²) in [6.07, 6.45) is 4.40. The zero-order chi connectivity index (χ0) is 22.2. The van der Waals surface area contributed by atoms with Gasteiger partial charge in [0.05, 0.1) is 5.75 Å². The summed E-state index contributed by atoms with van der Waals surface area (Å²) >= 11 is 5.03. The van der Waals surface area contributed by atoms with E-state index in [4.69, 9.17) is 0 Å². The number of hydrogen-bond donors (Lipinski definition) is 1. The highest BCUT2D eigenvalue weighted by molar-refractivity contribution is 9.10. The van der Waals surface area contributed by atoms with Gasteiger partial charge in [0.15, 0.2) is 0 Å². The Balaban J connectivity index is 1.65.